The lowest BCUT2D eigenvalue weighted by Gasteiger charge is -2.26. The van der Waals surface area contributed by atoms with Gasteiger partial charge in [0, 0.05) is 16.5 Å². The molecule has 1 nitrogen and oxygen atoms in total. The van der Waals surface area contributed by atoms with Gasteiger partial charge in [-0.2, -0.15) is 0 Å². The molecular weight excluding hydrogens is 286 g/mol. The van der Waals surface area contributed by atoms with Gasteiger partial charge in [-0.3, -0.25) is 0 Å². The predicted octanol–water partition coefficient (Wildman–Crippen LogP) is 5.66. The second-order valence-electron chi connectivity index (χ2n) is 6.26. The second kappa shape index (κ2) is 7.23. The van der Waals surface area contributed by atoms with Crippen molar-refractivity contribution in [3.63, 3.8) is 0 Å². The number of benzene rings is 1. The van der Waals surface area contributed by atoms with Gasteiger partial charge in [0.25, 0.3) is 0 Å². The average molecular weight is 314 g/mol. The molecule has 0 saturated heterocycles. The van der Waals surface area contributed by atoms with Crippen molar-refractivity contribution in [3.05, 3.63) is 65.4 Å². The Balaban J connectivity index is 2.61. The number of thioether (sulfide) groups is 1. The summed E-state index contributed by atoms with van der Waals surface area (Å²) in [7, 11) is 0. The molecular formula is C20H27NS. The van der Waals surface area contributed by atoms with Crippen molar-refractivity contribution in [2.24, 2.45) is 11.7 Å². The summed E-state index contributed by atoms with van der Waals surface area (Å²) in [5.41, 5.74) is 11.3. The van der Waals surface area contributed by atoms with E-state index in [2.05, 4.69) is 70.7 Å². The van der Waals surface area contributed by atoms with Crippen LogP contribution in [0, 0.1) is 5.92 Å². The molecule has 0 spiro atoms. The van der Waals surface area contributed by atoms with Crippen molar-refractivity contribution >= 4 is 11.8 Å². The highest BCUT2D eigenvalue weighted by Gasteiger charge is 2.25. The molecule has 0 saturated carbocycles. The predicted molar refractivity (Wildman–Crippen MR) is 99.1 cm³/mol. The first kappa shape index (κ1) is 17.0. The van der Waals surface area contributed by atoms with Crippen LogP contribution >= 0.6 is 11.8 Å². The maximum absolute atomic E-state index is 6.44. The molecule has 1 aromatic rings. The van der Waals surface area contributed by atoms with E-state index in [1.54, 1.807) is 0 Å². The van der Waals surface area contributed by atoms with Gasteiger partial charge in [0.1, 0.15) is 0 Å². The van der Waals surface area contributed by atoms with Crippen LogP contribution in [-0.2, 0) is 0 Å². The van der Waals surface area contributed by atoms with Crippen LogP contribution in [0.15, 0.2) is 64.7 Å². The standard InChI is InChI=1S/C20H27NS/c1-6-14(4)20-19(13(2)3)17(21)12-11-15(5)16-9-7-8-10-18(16)22-20/h7-13,15,20H,4,6,21H2,1-3,5H3/b12-11-,19-17?. The minimum atomic E-state index is 0.251. The number of fused-ring (bicyclic) bond motifs is 1. The Kier molecular flexibility index (Phi) is 5.57. The van der Waals surface area contributed by atoms with E-state index in [-0.39, 0.29) is 5.25 Å². The molecule has 0 aliphatic carbocycles. The third kappa shape index (κ3) is 3.49. The van der Waals surface area contributed by atoms with Crippen molar-refractivity contribution in [1.82, 2.24) is 0 Å². The highest BCUT2D eigenvalue weighted by atomic mass is 32.2. The molecule has 2 N–H and O–H groups in total. The van der Waals surface area contributed by atoms with E-state index in [1.165, 1.54) is 21.6 Å². The minimum absolute atomic E-state index is 0.251. The number of rotatable bonds is 3. The van der Waals surface area contributed by atoms with E-state index in [0.29, 0.717) is 11.8 Å². The van der Waals surface area contributed by atoms with Crippen LogP contribution in [0.2, 0.25) is 0 Å². The lowest BCUT2D eigenvalue weighted by atomic mass is 9.92. The van der Waals surface area contributed by atoms with Gasteiger partial charge in [-0.1, -0.05) is 64.1 Å². The third-order valence-corrected chi connectivity index (χ3v) is 5.73. The summed E-state index contributed by atoms with van der Waals surface area (Å²) in [4.78, 5) is 1.34. The zero-order valence-corrected chi connectivity index (χ0v) is 14.9. The molecule has 0 radical (unpaired) electrons. The topological polar surface area (TPSA) is 26.0 Å². The fourth-order valence-electron chi connectivity index (χ4n) is 2.88. The monoisotopic (exact) mass is 313 g/mol. The molecule has 22 heavy (non-hydrogen) atoms. The van der Waals surface area contributed by atoms with Crippen LogP contribution in [-0.4, -0.2) is 5.25 Å². The summed E-state index contributed by atoms with van der Waals surface area (Å²) in [6, 6.07) is 8.68. The Bertz CT molecular complexity index is 610. The van der Waals surface area contributed by atoms with Crippen LogP contribution in [0.5, 0.6) is 0 Å². The fourth-order valence-corrected chi connectivity index (χ4v) is 4.55. The summed E-state index contributed by atoms with van der Waals surface area (Å²) in [5.74, 6) is 0.773. The van der Waals surface area contributed by atoms with Crippen molar-refractivity contribution in [1.29, 1.82) is 0 Å². The molecule has 1 aromatic carbocycles. The Morgan fingerprint density at radius 2 is 2.00 bits per heavy atom. The zero-order valence-electron chi connectivity index (χ0n) is 14.1. The maximum atomic E-state index is 6.44. The Hall–Kier alpha value is -1.41. The Morgan fingerprint density at radius 1 is 1.32 bits per heavy atom. The Labute approximate surface area is 139 Å². The van der Waals surface area contributed by atoms with Gasteiger partial charge in [-0.15, -0.1) is 11.8 Å². The molecule has 0 amide bonds. The van der Waals surface area contributed by atoms with Crippen molar-refractivity contribution in [2.45, 2.75) is 50.2 Å². The van der Waals surface area contributed by atoms with Gasteiger partial charge in [-0.05, 0) is 35.6 Å². The van der Waals surface area contributed by atoms with E-state index >= 15 is 0 Å². The zero-order chi connectivity index (χ0) is 16.3. The lowest BCUT2D eigenvalue weighted by molar-refractivity contribution is 0.727. The van der Waals surface area contributed by atoms with Gasteiger partial charge in [0.05, 0.1) is 5.25 Å². The summed E-state index contributed by atoms with van der Waals surface area (Å²) in [6.45, 7) is 13.2. The largest absolute Gasteiger partial charge is 0.399 e. The maximum Gasteiger partial charge on any atom is 0.0536 e. The van der Waals surface area contributed by atoms with E-state index < -0.39 is 0 Å². The van der Waals surface area contributed by atoms with Gasteiger partial charge in [0.15, 0.2) is 0 Å². The quantitative estimate of drug-likeness (QED) is 0.729. The summed E-state index contributed by atoms with van der Waals surface area (Å²) in [5, 5.41) is 0.251. The normalized spacial score (nSPS) is 23.5. The van der Waals surface area contributed by atoms with Crippen LogP contribution in [0.4, 0.5) is 0 Å². The highest BCUT2D eigenvalue weighted by Crippen LogP contribution is 2.41. The molecule has 2 atom stereocenters. The molecule has 2 rings (SSSR count). The van der Waals surface area contributed by atoms with Crippen molar-refractivity contribution < 1.29 is 0 Å². The van der Waals surface area contributed by atoms with E-state index in [4.69, 9.17) is 5.73 Å². The van der Waals surface area contributed by atoms with E-state index in [9.17, 15) is 0 Å². The lowest BCUT2D eigenvalue weighted by Crippen LogP contribution is -2.19. The van der Waals surface area contributed by atoms with Crippen LogP contribution in [0.1, 0.15) is 45.6 Å². The molecule has 1 aliphatic rings. The molecule has 118 valence electrons. The van der Waals surface area contributed by atoms with Crippen molar-refractivity contribution in [2.75, 3.05) is 0 Å². The Morgan fingerprint density at radius 3 is 2.64 bits per heavy atom. The van der Waals surface area contributed by atoms with Gasteiger partial charge < -0.3 is 5.73 Å². The van der Waals surface area contributed by atoms with Crippen LogP contribution in [0.25, 0.3) is 0 Å². The smallest absolute Gasteiger partial charge is 0.0536 e. The molecule has 0 bridgehead atoms. The first-order chi connectivity index (χ1) is 10.5. The number of nitrogens with two attached hydrogens (primary N) is 1. The van der Waals surface area contributed by atoms with Gasteiger partial charge in [-0.25, -0.2) is 0 Å². The molecule has 0 fully saturated rings. The fraction of sp³-hybridized carbons (Fsp3) is 0.400. The third-order valence-electron chi connectivity index (χ3n) is 4.28. The molecule has 2 unspecified atom stereocenters. The average Bonchev–Trinajstić information content (AvgIpc) is 2.55. The van der Waals surface area contributed by atoms with E-state index in [1.807, 2.05) is 11.8 Å². The summed E-state index contributed by atoms with van der Waals surface area (Å²) in [6.07, 6.45) is 5.29. The number of allylic oxidation sites excluding steroid dienone is 2. The van der Waals surface area contributed by atoms with Gasteiger partial charge >= 0.3 is 0 Å². The second-order valence-corrected chi connectivity index (χ2v) is 7.41. The van der Waals surface area contributed by atoms with Crippen LogP contribution in [0.3, 0.4) is 0 Å². The molecule has 1 aliphatic heterocycles. The minimum Gasteiger partial charge on any atom is -0.399 e. The number of hydrogen-bond donors (Lipinski definition) is 1. The molecule has 1 heterocycles. The summed E-state index contributed by atoms with van der Waals surface area (Å²) >= 11 is 1.90. The van der Waals surface area contributed by atoms with Crippen LogP contribution < -0.4 is 5.73 Å². The number of hydrogen-bond acceptors (Lipinski definition) is 2. The SMILES string of the molecule is C=C(CC)C1Sc2ccccc2C(C)/C=C\C(N)=C1C(C)C. The molecule has 2 heteroatoms. The highest BCUT2D eigenvalue weighted by molar-refractivity contribution is 8.00. The first-order valence-corrected chi connectivity index (χ1v) is 8.94. The van der Waals surface area contributed by atoms with E-state index in [0.717, 1.165) is 12.1 Å². The molecule has 0 aromatic heterocycles. The summed E-state index contributed by atoms with van der Waals surface area (Å²) < 4.78 is 0. The first-order valence-electron chi connectivity index (χ1n) is 8.06. The van der Waals surface area contributed by atoms with Crippen molar-refractivity contribution in [3.8, 4) is 0 Å². The van der Waals surface area contributed by atoms with Gasteiger partial charge in [0.2, 0.25) is 0 Å².